The standard InChI is InChI=1S/C25H25N3O3S/c1-14(2)20-17-12-31-25(3,4)10-16(17)19-21-22(32-23(19)27-20)24(30)28(13-26-21)11-18(29)15-8-6-5-7-9-15/h5-9,13-14H,10-12H2,1-4H3. The molecule has 1 aliphatic rings. The van der Waals surface area contributed by atoms with E-state index in [4.69, 9.17) is 9.72 Å². The number of benzene rings is 1. The number of Topliss-reactive ketones (excluding diaryl/α,β-unsaturated/α-hetero) is 1. The Labute approximate surface area is 189 Å². The van der Waals surface area contributed by atoms with E-state index in [9.17, 15) is 9.59 Å². The Morgan fingerprint density at radius 2 is 1.97 bits per heavy atom. The number of thiophene rings is 1. The maximum atomic E-state index is 13.3. The van der Waals surface area contributed by atoms with Gasteiger partial charge in [-0.2, -0.15) is 0 Å². The van der Waals surface area contributed by atoms with Crippen LogP contribution in [-0.4, -0.2) is 25.9 Å². The summed E-state index contributed by atoms with van der Waals surface area (Å²) in [6, 6.07) is 9.00. The maximum absolute atomic E-state index is 13.3. The summed E-state index contributed by atoms with van der Waals surface area (Å²) in [6.07, 6.45) is 2.23. The third kappa shape index (κ3) is 3.45. The minimum absolute atomic E-state index is 0.0380. The Bertz CT molecular complexity index is 1420. The second kappa shape index (κ2) is 7.60. The molecule has 164 valence electrons. The van der Waals surface area contributed by atoms with Crippen LogP contribution in [-0.2, 0) is 24.3 Å². The molecule has 5 rings (SSSR count). The highest BCUT2D eigenvalue weighted by molar-refractivity contribution is 7.25. The number of carbonyl (C=O) groups excluding carboxylic acids is 1. The molecule has 7 heteroatoms. The largest absolute Gasteiger partial charge is 0.370 e. The van der Waals surface area contributed by atoms with E-state index >= 15 is 0 Å². The molecule has 0 aliphatic carbocycles. The van der Waals surface area contributed by atoms with Crippen LogP contribution in [0.5, 0.6) is 0 Å². The highest BCUT2D eigenvalue weighted by atomic mass is 32.1. The molecule has 0 saturated carbocycles. The molecule has 6 nitrogen and oxygen atoms in total. The molecule has 0 amide bonds. The summed E-state index contributed by atoms with van der Waals surface area (Å²) in [5.41, 5.74) is 4.09. The number of hydrogen-bond acceptors (Lipinski definition) is 6. The van der Waals surface area contributed by atoms with Crippen molar-refractivity contribution in [3.8, 4) is 0 Å². The number of hydrogen-bond donors (Lipinski definition) is 0. The second-order valence-electron chi connectivity index (χ2n) is 9.26. The molecule has 0 radical (unpaired) electrons. The average molecular weight is 448 g/mol. The number of carbonyl (C=O) groups is 1. The second-order valence-corrected chi connectivity index (χ2v) is 10.3. The zero-order valence-electron chi connectivity index (χ0n) is 18.6. The van der Waals surface area contributed by atoms with Crippen LogP contribution in [0.25, 0.3) is 20.4 Å². The smallest absolute Gasteiger partial charge is 0.271 e. The zero-order chi connectivity index (χ0) is 22.6. The molecular formula is C25H25N3O3S. The molecule has 0 atom stereocenters. The summed E-state index contributed by atoms with van der Waals surface area (Å²) in [5, 5.41) is 0.958. The molecule has 3 aromatic heterocycles. The van der Waals surface area contributed by atoms with Crippen LogP contribution < -0.4 is 5.56 Å². The Morgan fingerprint density at radius 3 is 2.69 bits per heavy atom. The fraction of sp³-hybridized carbons (Fsp3) is 0.360. The summed E-state index contributed by atoms with van der Waals surface area (Å²) in [7, 11) is 0. The molecule has 0 spiro atoms. The van der Waals surface area contributed by atoms with Crippen LogP contribution in [0, 0.1) is 0 Å². The first-order valence-electron chi connectivity index (χ1n) is 10.8. The average Bonchev–Trinajstić information content (AvgIpc) is 3.14. The molecule has 4 heterocycles. The number of pyridine rings is 1. The van der Waals surface area contributed by atoms with Crippen LogP contribution in [0.1, 0.15) is 60.8 Å². The fourth-order valence-corrected chi connectivity index (χ4v) is 5.50. The SMILES string of the molecule is CC(C)c1nc2sc3c(=O)n(CC(=O)c4ccccc4)cnc3c2c2c1COC(C)(C)C2. The lowest BCUT2D eigenvalue weighted by molar-refractivity contribution is -0.0402. The number of ether oxygens (including phenoxy) is 1. The van der Waals surface area contributed by atoms with Crippen molar-refractivity contribution >= 4 is 37.6 Å². The van der Waals surface area contributed by atoms with Gasteiger partial charge in [-0.1, -0.05) is 44.2 Å². The van der Waals surface area contributed by atoms with Crippen molar-refractivity contribution in [2.45, 2.75) is 58.8 Å². The van der Waals surface area contributed by atoms with Gasteiger partial charge in [-0.25, -0.2) is 9.97 Å². The van der Waals surface area contributed by atoms with Gasteiger partial charge >= 0.3 is 0 Å². The molecule has 1 aliphatic heterocycles. The van der Waals surface area contributed by atoms with Crippen molar-refractivity contribution in [1.82, 2.24) is 14.5 Å². The number of rotatable bonds is 4. The number of aromatic nitrogens is 3. The van der Waals surface area contributed by atoms with Crippen LogP contribution >= 0.6 is 11.3 Å². The predicted octanol–water partition coefficient (Wildman–Crippen LogP) is 4.86. The Kier molecular flexibility index (Phi) is 4.98. The minimum Gasteiger partial charge on any atom is -0.370 e. The van der Waals surface area contributed by atoms with Gasteiger partial charge in [0.05, 0.1) is 36.3 Å². The lowest BCUT2D eigenvalue weighted by Gasteiger charge is -2.33. The predicted molar refractivity (Wildman–Crippen MR) is 127 cm³/mol. The highest BCUT2D eigenvalue weighted by Gasteiger charge is 2.32. The summed E-state index contributed by atoms with van der Waals surface area (Å²) in [4.78, 5) is 36.4. The van der Waals surface area contributed by atoms with E-state index in [0.29, 0.717) is 22.4 Å². The topological polar surface area (TPSA) is 74.1 Å². The van der Waals surface area contributed by atoms with Gasteiger partial charge in [0.1, 0.15) is 9.53 Å². The summed E-state index contributed by atoms with van der Waals surface area (Å²) >= 11 is 1.37. The molecule has 0 unspecified atom stereocenters. The molecule has 32 heavy (non-hydrogen) atoms. The number of fused-ring (bicyclic) bond motifs is 5. The van der Waals surface area contributed by atoms with Gasteiger partial charge in [-0.3, -0.25) is 14.2 Å². The van der Waals surface area contributed by atoms with Gasteiger partial charge in [0, 0.05) is 22.9 Å². The van der Waals surface area contributed by atoms with Crippen LogP contribution in [0.3, 0.4) is 0 Å². The molecule has 1 aromatic carbocycles. The van der Waals surface area contributed by atoms with Gasteiger partial charge in [0.2, 0.25) is 0 Å². The summed E-state index contributed by atoms with van der Waals surface area (Å²) in [5.74, 6) is 0.128. The zero-order valence-corrected chi connectivity index (χ0v) is 19.5. The monoisotopic (exact) mass is 447 g/mol. The van der Waals surface area contributed by atoms with E-state index in [1.807, 2.05) is 18.2 Å². The summed E-state index contributed by atoms with van der Waals surface area (Å²) < 4.78 is 8.03. The third-order valence-corrected chi connectivity index (χ3v) is 7.07. The van der Waals surface area contributed by atoms with Crippen LogP contribution in [0.15, 0.2) is 41.5 Å². The van der Waals surface area contributed by atoms with E-state index in [2.05, 4.69) is 32.7 Å². The van der Waals surface area contributed by atoms with Crippen molar-refractivity contribution in [3.63, 3.8) is 0 Å². The Balaban J connectivity index is 1.68. The lowest BCUT2D eigenvalue weighted by Crippen LogP contribution is -2.33. The number of nitrogens with zero attached hydrogens (tertiary/aromatic N) is 3. The van der Waals surface area contributed by atoms with Gasteiger partial charge in [-0.05, 0) is 25.3 Å². The van der Waals surface area contributed by atoms with Gasteiger partial charge in [0.15, 0.2) is 5.78 Å². The van der Waals surface area contributed by atoms with Gasteiger partial charge in [0.25, 0.3) is 5.56 Å². The lowest BCUT2D eigenvalue weighted by atomic mass is 9.87. The molecular weight excluding hydrogens is 422 g/mol. The van der Waals surface area contributed by atoms with Crippen LogP contribution in [0.4, 0.5) is 0 Å². The van der Waals surface area contributed by atoms with Gasteiger partial charge in [-0.15, -0.1) is 11.3 Å². The van der Waals surface area contributed by atoms with E-state index in [1.54, 1.807) is 12.1 Å². The Hall–Kier alpha value is -2.90. The van der Waals surface area contributed by atoms with Crippen molar-refractivity contribution < 1.29 is 9.53 Å². The summed E-state index contributed by atoms with van der Waals surface area (Å²) in [6.45, 7) is 8.90. The quantitative estimate of drug-likeness (QED) is 0.418. The molecule has 4 aromatic rings. The van der Waals surface area contributed by atoms with Crippen molar-refractivity contribution in [2.75, 3.05) is 0 Å². The van der Waals surface area contributed by atoms with Gasteiger partial charge < -0.3 is 4.74 Å². The van der Waals surface area contributed by atoms with Crippen molar-refractivity contribution in [2.24, 2.45) is 0 Å². The molecule has 0 bridgehead atoms. The first kappa shape index (κ1) is 21.0. The first-order valence-corrected chi connectivity index (χ1v) is 11.6. The number of ketones is 1. The molecule has 0 N–H and O–H groups in total. The van der Waals surface area contributed by atoms with E-state index in [0.717, 1.165) is 27.9 Å². The Morgan fingerprint density at radius 1 is 1.22 bits per heavy atom. The maximum Gasteiger partial charge on any atom is 0.271 e. The minimum atomic E-state index is -0.291. The van der Waals surface area contributed by atoms with E-state index < -0.39 is 0 Å². The normalized spacial score (nSPS) is 15.4. The fourth-order valence-electron chi connectivity index (χ4n) is 4.38. The van der Waals surface area contributed by atoms with Crippen molar-refractivity contribution in [3.05, 3.63) is 69.4 Å². The third-order valence-electron chi connectivity index (χ3n) is 6.01. The molecule has 0 fully saturated rings. The van der Waals surface area contributed by atoms with Crippen molar-refractivity contribution in [1.29, 1.82) is 0 Å². The molecule has 0 saturated heterocycles. The van der Waals surface area contributed by atoms with Crippen LogP contribution in [0.2, 0.25) is 0 Å². The van der Waals surface area contributed by atoms with E-state index in [1.165, 1.54) is 27.8 Å². The highest BCUT2D eigenvalue weighted by Crippen LogP contribution is 2.41. The van der Waals surface area contributed by atoms with E-state index in [-0.39, 0.29) is 29.4 Å². The first-order chi connectivity index (χ1) is 15.2.